The number of aromatic nitrogens is 1. The molecule has 0 unspecified atom stereocenters. The zero-order valence-electron chi connectivity index (χ0n) is 11.6. The predicted molar refractivity (Wildman–Crippen MR) is 80.8 cm³/mol. The van der Waals surface area contributed by atoms with Crippen molar-refractivity contribution < 1.29 is 9.53 Å². The van der Waals surface area contributed by atoms with E-state index in [1.165, 1.54) is 0 Å². The van der Waals surface area contributed by atoms with Gasteiger partial charge in [0.05, 0.1) is 24.8 Å². The molecule has 5 heteroatoms. The van der Waals surface area contributed by atoms with Crippen LogP contribution in [0.3, 0.4) is 0 Å². The van der Waals surface area contributed by atoms with Crippen molar-refractivity contribution in [1.82, 2.24) is 9.88 Å². The van der Waals surface area contributed by atoms with E-state index in [9.17, 15) is 4.79 Å². The second-order valence-corrected chi connectivity index (χ2v) is 6.63. The number of ether oxygens (including phenoxy) is 1. The highest BCUT2D eigenvalue weighted by molar-refractivity contribution is 7.09. The molecule has 4 rings (SSSR count). The number of esters is 1. The van der Waals surface area contributed by atoms with E-state index in [4.69, 9.17) is 9.72 Å². The molecular formula is C16H16N2O2S. The van der Waals surface area contributed by atoms with Gasteiger partial charge in [0.2, 0.25) is 0 Å². The summed E-state index contributed by atoms with van der Waals surface area (Å²) >= 11 is 1.69. The van der Waals surface area contributed by atoms with Gasteiger partial charge in [0, 0.05) is 30.0 Å². The Balaban J connectivity index is 1.45. The Morgan fingerprint density at radius 2 is 2.14 bits per heavy atom. The molecule has 2 fully saturated rings. The first-order valence-electron chi connectivity index (χ1n) is 7.18. The molecule has 1 aromatic heterocycles. The summed E-state index contributed by atoms with van der Waals surface area (Å²) in [5.41, 5.74) is 2.19. The maximum Gasteiger partial charge on any atom is 0.310 e. The lowest BCUT2D eigenvalue weighted by Crippen LogP contribution is -2.23. The number of fused-ring (bicyclic) bond motifs is 1. The SMILES string of the molecule is O=C1OC[C@H]2CN(Cc3nc(-c4ccccc4)cs3)C[C@@H]12. The second-order valence-electron chi connectivity index (χ2n) is 5.68. The van der Waals surface area contributed by atoms with Gasteiger partial charge < -0.3 is 4.74 Å². The summed E-state index contributed by atoms with van der Waals surface area (Å²) in [5.74, 6) is 0.441. The van der Waals surface area contributed by atoms with E-state index >= 15 is 0 Å². The third kappa shape index (κ3) is 2.47. The molecular weight excluding hydrogens is 284 g/mol. The molecule has 2 aliphatic rings. The van der Waals surface area contributed by atoms with E-state index in [-0.39, 0.29) is 11.9 Å². The Morgan fingerprint density at radius 1 is 1.29 bits per heavy atom. The van der Waals surface area contributed by atoms with Crippen molar-refractivity contribution in [2.75, 3.05) is 19.7 Å². The number of thiazole rings is 1. The maximum atomic E-state index is 11.6. The van der Waals surface area contributed by atoms with Crippen LogP contribution in [0.2, 0.25) is 0 Å². The first kappa shape index (κ1) is 13.0. The Labute approximate surface area is 127 Å². The topological polar surface area (TPSA) is 42.4 Å². The number of carbonyl (C=O) groups is 1. The lowest BCUT2D eigenvalue weighted by molar-refractivity contribution is -0.141. The first-order valence-corrected chi connectivity index (χ1v) is 8.06. The van der Waals surface area contributed by atoms with E-state index < -0.39 is 0 Å². The van der Waals surface area contributed by atoms with Crippen molar-refractivity contribution in [3.05, 3.63) is 40.7 Å². The summed E-state index contributed by atoms with van der Waals surface area (Å²) in [7, 11) is 0. The number of benzene rings is 1. The number of hydrogen-bond donors (Lipinski definition) is 0. The fourth-order valence-electron chi connectivity index (χ4n) is 3.14. The number of hydrogen-bond acceptors (Lipinski definition) is 5. The van der Waals surface area contributed by atoms with Crippen molar-refractivity contribution >= 4 is 17.3 Å². The molecule has 2 aliphatic heterocycles. The Kier molecular flexibility index (Phi) is 3.24. The van der Waals surface area contributed by atoms with Crippen LogP contribution >= 0.6 is 11.3 Å². The highest BCUT2D eigenvalue weighted by Crippen LogP contribution is 2.32. The molecule has 0 amide bonds. The quantitative estimate of drug-likeness (QED) is 0.817. The monoisotopic (exact) mass is 300 g/mol. The fraction of sp³-hybridized carbons (Fsp3) is 0.375. The minimum atomic E-state index is -0.0217. The van der Waals surface area contributed by atoms with Gasteiger partial charge in [-0.15, -0.1) is 11.3 Å². The van der Waals surface area contributed by atoms with Gasteiger partial charge in [-0.3, -0.25) is 9.69 Å². The number of likely N-dealkylation sites (tertiary alicyclic amines) is 1. The van der Waals surface area contributed by atoms with Gasteiger partial charge in [-0.1, -0.05) is 30.3 Å². The van der Waals surface area contributed by atoms with Crippen LogP contribution < -0.4 is 0 Å². The largest absolute Gasteiger partial charge is 0.465 e. The second kappa shape index (κ2) is 5.24. The standard InChI is InChI=1S/C16H16N2O2S/c19-16-13-7-18(6-12(13)9-20-16)8-15-17-14(10-21-15)11-4-2-1-3-5-11/h1-5,10,12-13H,6-9H2/t12-,13-/m1/s1. The lowest BCUT2D eigenvalue weighted by Gasteiger charge is -2.14. The summed E-state index contributed by atoms with van der Waals surface area (Å²) in [5, 5.41) is 3.22. The van der Waals surface area contributed by atoms with Gasteiger partial charge in [0.15, 0.2) is 0 Å². The van der Waals surface area contributed by atoms with Crippen LogP contribution in [0.25, 0.3) is 11.3 Å². The summed E-state index contributed by atoms with van der Waals surface area (Å²) in [4.78, 5) is 18.6. The van der Waals surface area contributed by atoms with Crippen molar-refractivity contribution in [1.29, 1.82) is 0 Å². The third-order valence-corrected chi connectivity index (χ3v) is 5.07. The minimum absolute atomic E-state index is 0.0217. The molecule has 2 saturated heterocycles. The predicted octanol–water partition coefficient (Wildman–Crippen LogP) is 2.41. The summed E-state index contributed by atoms with van der Waals surface area (Å²) < 4.78 is 5.10. The van der Waals surface area contributed by atoms with Crippen LogP contribution in [-0.4, -0.2) is 35.5 Å². The lowest BCUT2D eigenvalue weighted by atomic mass is 10.0. The molecule has 0 aliphatic carbocycles. The summed E-state index contributed by atoms with van der Waals surface area (Å²) in [6.45, 7) is 3.17. The maximum absolute atomic E-state index is 11.6. The average Bonchev–Trinajstić information content (AvgIpc) is 3.19. The average molecular weight is 300 g/mol. The fourth-order valence-corrected chi connectivity index (χ4v) is 3.98. The Bertz CT molecular complexity index is 655. The molecule has 2 atom stereocenters. The van der Waals surface area contributed by atoms with E-state index in [2.05, 4.69) is 22.4 Å². The van der Waals surface area contributed by atoms with Gasteiger partial charge in [-0.25, -0.2) is 4.98 Å². The summed E-state index contributed by atoms with van der Waals surface area (Å²) in [6.07, 6.45) is 0. The zero-order chi connectivity index (χ0) is 14.2. The van der Waals surface area contributed by atoms with Crippen molar-refractivity contribution in [3.8, 4) is 11.3 Å². The van der Waals surface area contributed by atoms with Crippen LogP contribution in [0.1, 0.15) is 5.01 Å². The zero-order valence-corrected chi connectivity index (χ0v) is 12.4. The van der Waals surface area contributed by atoms with Gasteiger partial charge in [0.1, 0.15) is 5.01 Å². The highest BCUT2D eigenvalue weighted by Gasteiger charge is 2.43. The third-order valence-electron chi connectivity index (χ3n) is 4.24. The van der Waals surface area contributed by atoms with Gasteiger partial charge in [-0.05, 0) is 0 Å². The molecule has 21 heavy (non-hydrogen) atoms. The van der Waals surface area contributed by atoms with Crippen LogP contribution in [0.5, 0.6) is 0 Å². The number of rotatable bonds is 3. The molecule has 0 radical (unpaired) electrons. The minimum Gasteiger partial charge on any atom is -0.465 e. The van der Waals surface area contributed by atoms with Crippen LogP contribution in [-0.2, 0) is 16.1 Å². The molecule has 0 saturated carbocycles. The molecule has 4 nitrogen and oxygen atoms in total. The van der Waals surface area contributed by atoms with Crippen molar-refractivity contribution in [2.24, 2.45) is 11.8 Å². The Morgan fingerprint density at radius 3 is 2.95 bits per heavy atom. The van der Waals surface area contributed by atoms with E-state index in [0.717, 1.165) is 35.9 Å². The molecule has 0 N–H and O–H groups in total. The van der Waals surface area contributed by atoms with Gasteiger partial charge >= 0.3 is 5.97 Å². The molecule has 1 aromatic carbocycles. The highest BCUT2D eigenvalue weighted by atomic mass is 32.1. The number of nitrogens with zero attached hydrogens (tertiary/aromatic N) is 2. The summed E-state index contributed by atoms with van der Waals surface area (Å²) in [6, 6.07) is 10.2. The molecule has 3 heterocycles. The van der Waals surface area contributed by atoms with Gasteiger partial charge in [-0.2, -0.15) is 0 Å². The van der Waals surface area contributed by atoms with Crippen molar-refractivity contribution in [3.63, 3.8) is 0 Å². The van der Waals surface area contributed by atoms with Gasteiger partial charge in [0.25, 0.3) is 0 Å². The number of cyclic esters (lactones) is 1. The molecule has 0 spiro atoms. The molecule has 2 aromatic rings. The molecule has 0 bridgehead atoms. The normalized spacial score (nSPS) is 25.0. The van der Waals surface area contributed by atoms with Crippen molar-refractivity contribution in [2.45, 2.75) is 6.54 Å². The Hall–Kier alpha value is -1.72. The van der Waals surface area contributed by atoms with E-state index in [0.29, 0.717) is 12.5 Å². The molecule has 108 valence electrons. The smallest absolute Gasteiger partial charge is 0.310 e. The number of carbonyl (C=O) groups excluding carboxylic acids is 1. The van der Waals surface area contributed by atoms with E-state index in [1.807, 2.05) is 18.2 Å². The van der Waals surface area contributed by atoms with Crippen LogP contribution in [0, 0.1) is 11.8 Å². The van der Waals surface area contributed by atoms with Crippen LogP contribution in [0.4, 0.5) is 0 Å². The van der Waals surface area contributed by atoms with E-state index in [1.54, 1.807) is 11.3 Å². The first-order chi connectivity index (χ1) is 10.3. The van der Waals surface area contributed by atoms with Crippen LogP contribution in [0.15, 0.2) is 35.7 Å².